The molecular formula is C17H22N3O2+. The summed E-state index contributed by atoms with van der Waals surface area (Å²) in [4.78, 5) is 11.0. The van der Waals surface area contributed by atoms with Crippen LogP contribution in [0.4, 0.5) is 0 Å². The van der Waals surface area contributed by atoms with E-state index in [9.17, 15) is 9.90 Å². The van der Waals surface area contributed by atoms with Gasteiger partial charge < -0.3 is 5.11 Å². The average Bonchev–Trinajstić information content (AvgIpc) is 2.57. The molecule has 0 saturated heterocycles. The second-order valence-corrected chi connectivity index (χ2v) is 4.54. The van der Waals surface area contributed by atoms with Gasteiger partial charge in [-0.3, -0.25) is 4.79 Å². The van der Waals surface area contributed by atoms with Gasteiger partial charge in [0, 0.05) is 36.6 Å². The second kappa shape index (κ2) is 10.2. The van der Waals surface area contributed by atoms with Crippen LogP contribution in [0.1, 0.15) is 26.7 Å². The molecule has 0 N–H and O–H groups in total. The lowest BCUT2D eigenvalue weighted by molar-refractivity contribution is -0.684. The normalized spacial score (nSPS) is 10.5. The van der Waals surface area contributed by atoms with Gasteiger partial charge >= 0.3 is 0 Å². The molecule has 0 radical (unpaired) electrons. The van der Waals surface area contributed by atoms with Gasteiger partial charge in [-0.25, -0.2) is 0 Å². The standard InChI is InChI=1S/C9H12NO.C8H10N2O/c1-2-9(11)8-10-6-4-3-5-7-10;1-2-8(11)9-10-6-4-3-5-7-10/h3-7H,2,8H2,1H3;3-7H,2H2,1H3/q+1;. The van der Waals surface area contributed by atoms with Crippen LogP contribution in [0.5, 0.6) is 0 Å². The van der Waals surface area contributed by atoms with Gasteiger partial charge in [0.25, 0.3) is 0 Å². The van der Waals surface area contributed by atoms with E-state index < -0.39 is 0 Å². The van der Waals surface area contributed by atoms with Crippen LogP contribution in [0, 0.1) is 0 Å². The van der Waals surface area contributed by atoms with Crippen LogP contribution in [-0.2, 0) is 11.3 Å². The fourth-order valence-corrected chi connectivity index (χ4v) is 1.51. The Balaban J connectivity index is 0.000000220. The van der Waals surface area contributed by atoms with Gasteiger partial charge in [-0.2, -0.15) is 4.57 Å². The van der Waals surface area contributed by atoms with Gasteiger partial charge in [0.15, 0.2) is 18.2 Å². The van der Waals surface area contributed by atoms with Gasteiger partial charge in [-0.05, 0) is 11.5 Å². The van der Waals surface area contributed by atoms with Crippen LogP contribution in [0.15, 0.2) is 66.3 Å². The largest absolute Gasteiger partial charge is 0.858 e. The molecule has 2 aromatic rings. The first-order valence-corrected chi connectivity index (χ1v) is 7.32. The molecule has 0 aliphatic carbocycles. The Morgan fingerprint density at radius 2 is 1.45 bits per heavy atom. The zero-order valence-corrected chi connectivity index (χ0v) is 13.1. The van der Waals surface area contributed by atoms with E-state index in [1.807, 2.05) is 60.3 Å². The molecule has 0 bridgehead atoms. The molecule has 0 saturated carbocycles. The molecule has 2 rings (SSSR count). The van der Waals surface area contributed by atoms with Crippen molar-refractivity contribution < 1.29 is 19.1 Å². The van der Waals surface area contributed by atoms with E-state index in [-0.39, 0.29) is 11.7 Å². The minimum atomic E-state index is -0.110. The molecule has 116 valence electrons. The second-order valence-electron chi connectivity index (χ2n) is 4.54. The minimum Gasteiger partial charge on any atom is -0.858 e. The van der Waals surface area contributed by atoms with Crippen molar-refractivity contribution in [2.75, 3.05) is 0 Å². The van der Waals surface area contributed by atoms with Crippen molar-refractivity contribution in [1.29, 1.82) is 0 Å². The Labute approximate surface area is 131 Å². The molecule has 22 heavy (non-hydrogen) atoms. The van der Waals surface area contributed by atoms with Crippen molar-refractivity contribution in [3.05, 3.63) is 61.2 Å². The van der Waals surface area contributed by atoms with Crippen molar-refractivity contribution >= 4 is 11.7 Å². The molecule has 0 spiro atoms. The molecule has 2 aromatic heterocycles. The average molecular weight is 300 g/mol. The van der Waals surface area contributed by atoms with Crippen LogP contribution in [0.25, 0.3) is 0 Å². The highest BCUT2D eigenvalue weighted by atomic mass is 16.3. The molecule has 0 fully saturated rings. The Morgan fingerprint density at radius 3 is 1.95 bits per heavy atom. The van der Waals surface area contributed by atoms with Crippen LogP contribution >= 0.6 is 0 Å². The fraction of sp³-hybridized carbons (Fsp3) is 0.294. The molecule has 5 heteroatoms. The Bertz CT molecular complexity index is 583. The molecule has 0 unspecified atom stereocenters. The smallest absolute Gasteiger partial charge is 0.206 e. The minimum absolute atomic E-state index is 0.110. The number of nitrogens with zero attached hydrogens (tertiary/aromatic N) is 3. The van der Waals surface area contributed by atoms with Gasteiger partial charge in [0.1, 0.15) is 0 Å². The monoisotopic (exact) mass is 300 g/mol. The fourth-order valence-electron chi connectivity index (χ4n) is 1.51. The van der Waals surface area contributed by atoms with Crippen LogP contribution < -0.4 is 14.3 Å². The predicted molar refractivity (Wildman–Crippen MR) is 81.7 cm³/mol. The Hall–Kier alpha value is -2.56. The maximum atomic E-state index is 11.0. The van der Waals surface area contributed by atoms with Gasteiger partial charge in [0.05, 0.1) is 0 Å². The third kappa shape index (κ3) is 7.28. The zero-order chi connectivity index (χ0) is 16.2. The maximum absolute atomic E-state index is 11.0. The molecule has 0 aromatic carbocycles. The van der Waals surface area contributed by atoms with E-state index >= 15 is 0 Å². The number of carbonyl (C=O) groups is 1. The third-order valence-corrected chi connectivity index (χ3v) is 2.76. The number of rotatable bonds is 5. The van der Waals surface area contributed by atoms with Crippen LogP contribution in [0.2, 0.25) is 0 Å². The van der Waals surface area contributed by atoms with Gasteiger partial charge in [0.2, 0.25) is 18.9 Å². The van der Waals surface area contributed by atoms with E-state index in [2.05, 4.69) is 5.10 Å². The van der Waals surface area contributed by atoms with E-state index in [1.54, 1.807) is 19.3 Å². The SMILES string of the molecule is CCC(=O)C[n+]1ccccc1.CCC([O-])=N[n+]1ccccc1. The topological polar surface area (TPSA) is 60.2 Å². The first-order valence-electron chi connectivity index (χ1n) is 7.32. The third-order valence-electron chi connectivity index (χ3n) is 2.76. The Morgan fingerprint density at radius 1 is 0.909 bits per heavy atom. The Kier molecular flexibility index (Phi) is 8.12. The lowest BCUT2D eigenvalue weighted by Gasteiger charge is -1.99. The highest BCUT2D eigenvalue weighted by molar-refractivity contribution is 5.76. The highest BCUT2D eigenvalue weighted by Gasteiger charge is 2.04. The molecule has 5 nitrogen and oxygen atoms in total. The number of hydrogen-bond acceptors (Lipinski definition) is 3. The molecule has 0 amide bonds. The highest BCUT2D eigenvalue weighted by Crippen LogP contribution is 1.82. The first-order chi connectivity index (χ1) is 10.7. The zero-order valence-electron chi connectivity index (χ0n) is 13.1. The van der Waals surface area contributed by atoms with Crippen LogP contribution in [-0.4, -0.2) is 11.7 Å². The maximum Gasteiger partial charge on any atom is 0.206 e. The number of Topliss-reactive ketones (excluding diaryl/α,β-unsaturated/α-hetero) is 1. The summed E-state index contributed by atoms with van der Waals surface area (Å²) in [6.07, 6.45) is 8.31. The van der Waals surface area contributed by atoms with Crippen molar-refractivity contribution in [2.45, 2.75) is 33.2 Å². The van der Waals surface area contributed by atoms with Gasteiger partial charge in [-0.15, -0.1) is 0 Å². The van der Waals surface area contributed by atoms with Crippen molar-refractivity contribution in [2.24, 2.45) is 5.10 Å². The summed E-state index contributed by atoms with van der Waals surface area (Å²) in [5.74, 6) is 0.155. The molecular weight excluding hydrogens is 278 g/mol. The number of aromatic nitrogens is 2. The summed E-state index contributed by atoms with van der Waals surface area (Å²) in [6, 6.07) is 11.3. The number of carbonyl (C=O) groups excluding carboxylic acids is 1. The number of hydrogen-bond donors (Lipinski definition) is 0. The molecule has 0 aliphatic rings. The molecule has 0 aliphatic heterocycles. The summed E-state index contributed by atoms with van der Waals surface area (Å²) in [6.45, 7) is 4.17. The summed E-state index contributed by atoms with van der Waals surface area (Å²) >= 11 is 0. The number of pyridine rings is 2. The summed E-state index contributed by atoms with van der Waals surface area (Å²) in [5.41, 5.74) is 0. The lowest BCUT2D eigenvalue weighted by atomic mass is 10.3. The van der Waals surface area contributed by atoms with Crippen molar-refractivity contribution in [3.63, 3.8) is 0 Å². The summed E-state index contributed by atoms with van der Waals surface area (Å²) < 4.78 is 3.39. The van der Waals surface area contributed by atoms with E-state index in [0.717, 1.165) is 0 Å². The summed E-state index contributed by atoms with van der Waals surface area (Å²) in [5, 5.41) is 14.5. The predicted octanol–water partition coefficient (Wildman–Crippen LogP) is 0.859. The van der Waals surface area contributed by atoms with Crippen molar-refractivity contribution in [3.8, 4) is 0 Å². The summed E-state index contributed by atoms with van der Waals surface area (Å²) in [7, 11) is 0. The lowest BCUT2D eigenvalue weighted by Crippen LogP contribution is -2.36. The van der Waals surface area contributed by atoms with E-state index in [1.165, 1.54) is 4.68 Å². The van der Waals surface area contributed by atoms with Crippen molar-refractivity contribution in [1.82, 2.24) is 0 Å². The first kappa shape index (κ1) is 17.5. The molecule has 0 atom stereocenters. The molecule has 2 heterocycles. The van der Waals surface area contributed by atoms with Gasteiger partial charge in [-0.1, -0.05) is 30.7 Å². The van der Waals surface area contributed by atoms with E-state index in [0.29, 0.717) is 19.4 Å². The van der Waals surface area contributed by atoms with Crippen LogP contribution in [0.3, 0.4) is 0 Å². The number of ketones is 1. The quantitative estimate of drug-likeness (QED) is 0.467. The van der Waals surface area contributed by atoms with E-state index in [4.69, 9.17) is 0 Å².